The van der Waals surface area contributed by atoms with E-state index in [1.54, 1.807) is 11.8 Å². The second kappa shape index (κ2) is 6.18. The Balaban J connectivity index is 2.73. The molecule has 0 atom stereocenters. The molecule has 0 radical (unpaired) electrons. The average molecular weight is 240 g/mol. The van der Waals surface area contributed by atoms with Gasteiger partial charge in [0.15, 0.2) is 0 Å². The van der Waals surface area contributed by atoms with E-state index < -0.39 is 5.97 Å². The predicted octanol–water partition coefficient (Wildman–Crippen LogP) is 2.77. The molecule has 0 fully saturated rings. The molecule has 0 spiro atoms. The quantitative estimate of drug-likeness (QED) is 0.598. The first-order valence-electron chi connectivity index (χ1n) is 4.97. The van der Waals surface area contributed by atoms with Gasteiger partial charge in [-0.15, -0.1) is 0 Å². The van der Waals surface area contributed by atoms with E-state index in [1.807, 2.05) is 37.4 Å². The first-order valence-corrected chi connectivity index (χ1v) is 5.35. The minimum atomic E-state index is -0.507. The van der Waals surface area contributed by atoms with Gasteiger partial charge in [-0.05, 0) is 19.1 Å². The minimum Gasteiger partial charge on any atom is -0.462 e. The molecule has 0 aliphatic carbocycles. The molecule has 0 unspecified atom stereocenters. The van der Waals surface area contributed by atoms with Crippen molar-refractivity contribution in [3.8, 4) is 0 Å². The van der Waals surface area contributed by atoms with Crippen LogP contribution >= 0.6 is 11.6 Å². The van der Waals surface area contributed by atoms with Crippen molar-refractivity contribution in [3.63, 3.8) is 0 Å². The molecule has 0 aliphatic heterocycles. The summed E-state index contributed by atoms with van der Waals surface area (Å²) in [7, 11) is 1.82. The van der Waals surface area contributed by atoms with Gasteiger partial charge < -0.3 is 9.64 Å². The van der Waals surface area contributed by atoms with Crippen LogP contribution in [0.5, 0.6) is 0 Å². The van der Waals surface area contributed by atoms with Crippen molar-refractivity contribution in [3.05, 3.63) is 41.6 Å². The fourth-order valence-corrected chi connectivity index (χ4v) is 1.36. The number of hydrogen-bond donors (Lipinski definition) is 0. The van der Waals surface area contributed by atoms with E-state index in [1.165, 1.54) is 6.20 Å². The molecule has 1 rings (SSSR count). The lowest BCUT2D eigenvalue weighted by Crippen LogP contribution is -2.12. The van der Waals surface area contributed by atoms with E-state index in [0.29, 0.717) is 6.61 Å². The lowest BCUT2D eigenvalue weighted by atomic mass is 10.3. The molecule has 86 valence electrons. The van der Waals surface area contributed by atoms with Crippen LogP contribution in [-0.4, -0.2) is 19.6 Å². The van der Waals surface area contributed by atoms with Crippen LogP contribution < -0.4 is 4.90 Å². The Morgan fingerprint density at radius 2 is 2.06 bits per heavy atom. The number of carbonyl (C=O) groups is 1. The highest BCUT2D eigenvalue weighted by Gasteiger charge is 2.08. The van der Waals surface area contributed by atoms with Crippen LogP contribution in [0, 0.1) is 0 Å². The van der Waals surface area contributed by atoms with Gasteiger partial charge in [-0.1, -0.05) is 29.8 Å². The monoisotopic (exact) mass is 239 g/mol. The number of carbonyl (C=O) groups excluding carboxylic acids is 1. The molecule has 1 aromatic carbocycles. The Labute approximate surface area is 100 Å². The van der Waals surface area contributed by atoms with Gasteiger partial charge in [0.25, 0.3) is 0 Å². The molecule has 0 saturated heterocycles. The van der Waals surface area contributed by atoms with Gasteiger partial charge >= 0.3 is 5.97 Å². The Morgan fingerprint density at radius 1 is 1.44 bits per heavy atom. The normalized spacial score (nSPS) is 11.1. The molecule has 4 heteroatoms. The van der Waals surface area contributed by atoms with Crippen LogP contribution in [0.25, 0.3) is 0 Å². The molecule has 1 aromatic rings. The molecule has 0 N–H and O–H groups in total. The minimum absolute atomic E-state index is 0.0632. The second-order valence-corrected chi connectivity index (χ2v) is 3.55. The topological polar surface area (TPSA) is 29.5 Å². The third kappa shape index (κ3) is 3.59. The maximum absolute atomic E-state index is 11.3. The van der Waals surface area contributed by atoms with Crippen LogP contribution in [0.2, 0.25) is 0 Å². The van der Waals surface area contributed by atoms with Crippen molar-refractivity contribution in [2.75, 3.05) is 18.6 Å². The van der Waals surface area contributed by atoms with E-state index in [-0.39, 0.29) is 5.03 Å². The van der Waals surface area contributed by atoms with E-state index in [4.69, 9.17) is 16.3 Å². The molecular formula is C12H14ClNO2. The summed E-state index contributed by atoms with van der Waals surface area (Å²) in [6.45, 7) is 2.06. The van der Waals surface area contributed by atoms with E-state index in [0.717, 1.165) is 5.69 Å². The number of benzene rings is 1. The summed E-state index contributed by atoms with van der Waals surface area (Å²) in [4.78, 5) is 13.0. The van der Waals surface area contributed by atoms with Gasteiger partial charge in [-0.25, -0.2) is 4.79 Å². The van der Waals surface area contributed by atoms with Crippen LogP contribution in [-0.2, 0) is 9.53 Å². The lowest BCUT2D eigenvalue weighted by molar-refractivity contribution is -0.137. The second-order valence-electron chi connectivity index (χ2n) is 3.14. The summed E-state index contributed by atoms with van der Waals surface area (Å²) in [6.07, 6.45) is 1.54. The Kier molecular flexibility index (Phi) is 4.86. The lowest BCUT2D eigenvalue weighted by Gasteiger charge is -2.14. The van der Waals surface area contributed by atoms with Crippen LogP contribution in [0.1, 0.15) is 6.92 Å². The van der Waals surface area contributed by atoms with Gasteiger partial charge in [0.1, 0.15) is 5.03 Å². The van der Waals surface area contributed by atoms with E-state index in [2.05, 4.69) is 0 Å². The number of nitrogens with zero attached hydrogens (tertiary/aromatic N) is 1. The number of ether oxygens (including phenoxy) is 1. The number of anilines is 1. The SMILES string of the molecule is CCOC(=O)/C(Cl)=C/N(C)c1ccccc1. The standard InChI is InChI=1S/C12H14ClNO2/c1-3-16-12(15)11(13)9-14(2)10-7-5-4-6-8-10/h4-9H,3H2,1-2H3/b11-9-. The number of hydrogen-bond acceptors (Lipinski definition) is 3. The third-order valence-electron chi connectivity index (χ3n) is 1.94. The highest BCUT2D eigenvalue weighted by molar-refractivity contribution is 6.41. The molecule has 0 aliphatic rings. The zero-order valence-electron chi connectivity index (χ0n) is 9.31. The fourth-order valence-electron chi connectivity index (χ4n) is 1.16. The van der Waals surface area contributed by atoms with E-state index >= 15 is 0 Å². The van der Waals surface area contributed by atoms with Gasteiger partial charge in [0.05, 0.1) is 6.61 Å². The summed E-state index contributed by atoms with van der Waals surface area (Å²) in [6, 6.07) is 9.60. The zero-order valence-corrected chi connectivity index (χ0v) is 10.1. The van der Waals surface area contributed by atoms with Gasteiger partial charge in [-0.3, -0.25) is 0 Å². The summed E-state index contributed by atoms with van der Waals surface area (Å²) < 4.78 is 4.77. The Morgan fingerprint density at radius 3 is 2.62 bits per heavy atom. The summed E-state index contributed by atoms with van der Waals surface area (Å²) >= 11 is 5.80. The summed E-state index contributed by atoms with van der Waals surface area (Å²) in [5, 5.41) is 0.0632. The highest BCUT2D eigenvalue weighted by atomic mass is 35.5. The van der Waals surface area contributed by atoms with E-state index in [9.17, 15) is 4.79 Å². The number of halogens is 1. The van der Waals surface area contributed by atoms with Crippen molar-refractivity contribution < 1.29 is 9.53 Å². The smallest absolute Gasteiger partial charge is 0.351 e. The molecule has 16 heavy (non-hydrogen) atoms. The molecular weight excluding hydrogens is 226 g/mol. The Bertz CT molecular complexity index is 376. The molecule has 0 saturated carbocycles. The average Bonchev–Trinajstić information content (AvgIpc) is 2.30. The third-order valence-corrected chi connectivity index (χ3v) is 2.19. The van der Waals surface area contributed by atoms with Crippen molar-refractivity contribution in [1.29, 1.82) is 0 Å². The molecule has 0 aromatic heterocycles. The van der Waals surface area contributed by atoms with Gasteiger partial charge in [0, 0.05) is 18.9 Å². The van der Waals surface area contributed by atoms with Crippen LogP contribution in [0.15, 0.2) is 41.6 Å². The van der Waals surface area contributed by atoms with Crippen molar-refractivity contribution in [1.82, 2.24) is 0 Å². The number of rotatable bonds is 4. The number of esters is 1. The summed E-state index contributed by atoms with van der Waals surface area (Å²) in [5.41, 5.74) is 0.949. The Hall–Kier alpha value is -1.48. The molecule has 0 amide bonds. The first-order chi connectivity index (χ1) is 7.65. The van der Waals surface area contributed by atoms with Gasteiger partial charge in [0.2, 0.25) is 0 Å². The number of para-hydroxylation sites is 1. The fraction of sp³-hybridized carbons (Fsp3) is 0.250. The molecule has 3 nitrogen and oxygen atoms in total. The predicted molar refractivity (Wildman–Crippen MR) is 65.4 cm³/mol. The first kappa shape index (κ1) is 12.6. The van der Waals surface area contributed by atoms with Crippen LogP contribution in [0.4, 0.5) is 5.69 Å². The maximum atomic E-state index is 11.3. The largest absolute Gasteiger partial charge is 0.462 e. The molecule has 0 heterocycles. The zero-order chi connectivity index (χ0) is 12.0. The van der Waals surface area contributed by atoms with Crippen molar-refractivity contribution >= 4 is 23.3 Å². The summed E-state index contributed by atoms with van der Waals surface area (Å²) in [5.74, 6) is -0.507. The van der Waals surface area contributed by atoms with Gasteiger partial charge in [-0.2, -0.15) is 0 Å². The van der Waals surface area contributed by atoms with Crippen molar-refractivity contribution in [2.45, 2.75) is 6.92 Å². The highest BCUT2D eigenvalue weighted by Crippen LogP contribution is 2.14. The maximum Gasteiger partial charge on any atom is 0.351 e. The molecule has 0 bridgehead atoms. The van der Waals surface area contributed by atoms with Crippen LogP contribution in [0.3, 0.4) is 0 Å². The van der Waals surface area contributed by atoms with Crippen molar-refractivity contribution in [2.24, 2.45) is 0 Å².